The summed E-state index contributed by atoms with van der Waals surface area (Å²) in [6.45, 7) is 5.15. The molecule has 0 atom stereocenters. The number of phenols is 2. The predicted molar refractivity (Wildman–Crippen MR) is 89.5 cm³/mol. The molecule has 0 fully saturated rings. The van der Waals surface area contributed by atoms with Crippen LogP contribution in [0.1, 0.15) is 37.8 Å². The maximum atomic E-state index is 9.57. The normalized spacial score (nSPS) is 11.6. The van der Waals surface area contributed by atoms with E-state index in [0.717, 1.165) is 24.0 Å². The second kappa shape index (κ2) is 7.99. The first kappa shape index (κ1) is 17.3. The number of phenolic OH excluding ortho intramolecular Hbond substituents is 2. The molecular weight excluding hydrogens is 292 g/mol. The molecule has 2 N–H and O–H groups in total. The van der Waals surface area contributed by atoms with Gasteiger partial charge in [0, 0.05) is 11.1 Å². The summed E-state index contributed by atoms with van der Waals surface area (Å²) in [6.07, 6.45) is 1.71. The molecule has 0 saturated heterocycles. The van der Waals surface area contributed by atoms with Gasteiger partial charge in [-0.1, -0.05) is 13.8 Å². The van der Waals surface area contributed by atoms with E-state index in [1.54, 1.807) is 48.5 Å². The molecule has 2 rings (SSSR count). The van der Waals surface area contributed by atoms with E-state index in [2.05, 4.69) is 0 Å². The molecule has 0 unspecified atom stereocenters. The summed E-state index contributed by atoms with van der Waals surface area (Å²) >= 11 is 0. The van der Waals surface area contributed by atoms with E-state index in [1.807, 2.05) is 13.8 Å². The first-order valence-electron chi connectivity index (χ1n) is 7.99. The molecule has 124 valence electrons. The highest BCUT2D eigenvalue weighted by Gasteiger charge is 2.36. The minimum Gasteiger partial charge on any atom is -0.508 e. The summed E-state index contributed by atoms with van der Waals surface area (Å²) in [5.74, 6) is -0.661. The Labute approximate surface area is 137 Å². The zero-order chi connectivity index (χ0) is 16.7. The van der Waals surface area contributed by atoms with Gasteiger partial charge in [0.2, 0.25) is 5.79 Å². The van der Waals surface area contributed by atoms with E-state index >= 15 is 0 Å². The number of aromatic hydroxyl groups is 2. The van der Waals surface area contributed by atoms with Crippen LogP contribution in [0.15, 0.2) is 48.5 Å². The molecule has 4 nitrogen and oxygen atoms in total. The Bertz CT molecular complexity index is 534. The van der Waals surface area contributed by atoms with Gasteiger partial charge < -0.3 is 19.7 Å². The average Bonchev–Trinajstić information content (AvgIpc) is 2.57. The average molecular weight is 316 g/mol. The van der Waals surface area contributed by atoms with Gasteiger partial charge in [-0.3, -0.25) is 0 Å². The topological polar surface area (TPSA) is 58.9 Å². The lowest BCUT2D eigenvalue weighted by Crippen LogP contribution is -2.35. The molecule has 4 heteroatoms. The molecule has 0 spiro atoms. The van der Waals surface area contributed by atoms with Gasteiger partial charge in [-0.15, -0.1) is 0 Å². The van der Waals surface area contributed by atoms with Crippen LogP contribution in [0.3, 0.4) is 0 Å². The van der Waals surface area contributed by atoms with Crippen LogP contribution < -0.4 is 0 Å². The lowest BCUT2D eigenvalue weighted by Gasteiger charge is -2.35. The Morgan fingerprint density at radius 2 is 1.04 bits per heavy atom. The smallest absolute Gasteiger partial charge is 0.222 e. The Kier molecular flexibility index (Phi) is 6.02. The van der Waals surface area contributed by atoms with Crippen molar-refractivity contribution < 1.29 is 19.7 Å². The molecule has 0 amide bonds. The fraction of sp³-hybridized carbons (Fsp3) is 0.368. The lowest BCUT2D eigenvalue weighted by molar-refractivity contribution is -0.218. The number of hydrogen-bond donors (Lipinski definition) is 2. The van der Waals surface area contributed by atoms with E-state index in [-0.39, 0.29) is 11.5 Å². The number of hydrogen-bond acceptors (Lipinski definition) is 4. The SMILES string of the molecule is CCCOC(OCCC)(c1ccc(O)cc1)c1ccc(O)cc1. The van der Waals surface area contributed by atoms with Crippen molar-refractivity contribution in [2.45, 2.75) is 32.5 Å². The van der Waals surface area contributed by atoms with Crippen LogP contribution in [0.4, 0.5) is 0 Å². The van der Waals surface area contributed by atoms with E-state index < -0.39 is 5.79 Å². The highest BCUT2D eigenvalue weighted by molar-refractivity contribution is 5.38. The van der Waals surface area contributed by atoms with Crippen LogP contribution >= 0.6 is 0 Å². The highest BCUT2D eigenvalue weighted by atomic mass is 16.7. The van der Waals surface area contributed by atoms with Gasteiger partial charge in [-0.25, -0.2) is 0 Å². The first-order chi connectivity index (χ1) is 11.1. The van der Waals surface area contributed by atoms with Crippen molar-refractivity contribution in [3.63, 3.8) is 0 Å². The van der Waals surface area contributed by atoms with E-state index in [4.69, 9.17) is 9.47 Å². The maximum absolute atomic E-state index is 9.57. The highest BCUT2D eigenvalue weighted by Crippen LogP contribution is 2.37. The van der Waals surface area contributed by atoms with Gasteiger partial charge in [-0.05, 0) is 61.4 Å². The Morgan fingerprint density at radius 3 is 1.35 bits per heavy atom. The molecule has 0 radical (unpaired) electrons. The van der Waals surface area contributed by atoms with E-state index in [1.165, 1.54) is 0 Å². The molecule has 2 aromatic rings. The Morgan fingerprint density at radius 1 is 0.696 bits per heavy atom. The van der Waals surface area contributed by atoms with Crippen molar-refractivity contribution in [1.29, 1.82) is 0 Å². The van der Waals surface area contributed by atoms with Gasteiger partial charge in [0.1, 0.15) is 11.5 Å². The molecule has 0 aliphatic carbocycles. The summed E-state index contributed by atoms with van der Waals surface area (Å²) < 4.78 is 12.3. The molecule has 0 aliphatic rings. The maximum Gasteiger partial charge on any atom is 0.222 e. The molecule has 0 heterocycles. The van der Waals surface area contributed by atoms with Crippen molar-refractivity contribution in [2.24, 2.45) is 0 Å². The molecule has 2 aromatic carbocycles. The van der Waals surface area contributed by atoms with Crippen LogP contribution in [0.25, 0.3) is 0 Å². The second-order valence-electron chi connectivity index (χ2n) is 5.41. The Hall–Kier alpha value is -2.04. The first-order valence-corrected chi connectivity index (χ1v) is 7.99. The minimum atomic E-state index is -1.05. The summed E-state index contributed by atoms with van der Waals surface area (Å²) in [6, 6.07) is 13.7. The summed E-state index contributed by atoms with van der Waals surface area (Å²) in [5, 5.41) is 19.1. The van der Waals surface area contributed by atoms with Gasteiger partial charge in [0.15, 0.2) is 0 Å². The minimum absolute atomic E-state index is 0.194. The van der Waals surface area contributed by atoms with Crippen LogP contribution in [-0.4, -0.2) is 23.4 Å². The molecule has 0 aromatic heterocycles. The number of rotatable bonds is 8. The number of benzene rings is 2. The second-order valence-corrected chi connectivity index (χ2v) is 5.41. The van der Waals surface area contributed by atoms with Crippen molar-refractivity contribution in [3.8, 4) is 11.5 Å². The van der Waals surface area contributed by atoms with Crippen molar-refractivity contribution >= 4 is 0 Å². The monoisotopic (exact) mass is 316 g/mol. The zero-order valence-electron chi connectivity index (χ0n) is 13.7. The number of ether oxygens (including phenoxy) is 2. The van der Waals surface area contributed by atoms with E-state index in [9.17, 15) is 10.2 Å². The van der Waals surface area contributed by atoms with Crippen molar-refractivity contribution in [1.82, 2.24) is 0 Å². The Balaban J connectivity index is 2.52. The van der Waals surface area contributed by atoms with Gasteiger partial charge in [0.25, 0.3) is 0 Å². The van der Waals surface area contributed by atoms with Gasteiger partial charge in [-0.2, -0.15) is 0 Å². The van der Waals surface area contributed by atoms with Crippen LogP contribution in [0.2, 0.25) is 0 Å². The van der Waals surface area contributed by atoms with E-state index in [0.29, 0.717) is 13.2 Å². The standard InChI is InChI=1S/C19H24O4/c1-3-13-22-19(23-14-4-2,15-5-9-17(20)10-6-15)16-7-11-18(21)12-8-16/h5-12,20-21H,3-4,13-14H2,1-2H3. The summed E-state index contributed by atoms with van der Waals surface area (Å²) in [7, 11) is 0. The fourth-order valence-electron chi connectivity index (χ4n) is 2.39. The van der Waals surface area contributed by atoms with Gasteiger partial charge in [0.05, 0.1) is 13.2 Å². The quantitative estimate of drug-likeness (QED) is 0.718. The lowest BCUT2D eigenvalue weighted by atomic mass is 9.96. The largest absolute Gasteiger partial charge is 0.508 e. The predicted octanol–water partition coefficient (Wildman–Crippen LogP) is 4.15. The third kappa shape index (κ3) is 4.03. The molecule has 0 aliphatic heterocycles. The zero-order valence-corrected chi connectivity index (χ0v) is 13.7. The van der Waals surface area contributed by atoms with Crippen molar-refractivity contribution in [3.05, 3.63) is 59.7 Å². The summed E-state index contributed by atoms with van der Waals surface area (Å²) in [4.78, 5) is 0. The van der Waals surface area contributed by atoms with Gasteiger partial charge >= 0.3 is 0 Å². The van der Waals surface area contributed by atoms with Crippen molar-refractivity contribution in [2.75, 3.05) is 13.2 Å². The summed E-state index contributed by atoms with van der Waals surface area (Å²) in [5.41, 5.74) is 1.62. The third-order valence-corrected chi connectivity index (χ3v) is 3.51. The molecule has 0 saturated carbocycles. The van der Waals surface area contributed by atoms with Crippen LogP contribution in [0, 0.1) is 0 Å². The molecular formula is C19H24O4. The third-order valence-electron chi connectivity index (χ3n) is 3.51. The molecule has 0 bridgehead atoms. The fourth-order valence-corrected chi connectivity index (χ4v) is 2.39. The molecule has 23 heavy (non-hydrogen) atoms. The van der Waals surface area contributed by atoms with Crippen LogP contribution in [0.5, 0.6) is 11.5 Å². The van der Waals surface area contributed by atoms with Crippen LogP contribution in [-0.2, 0) is 15.3 Å².